The lowest BCUT2D eigenvalue weighted by molar-refractivity contribution is 0.804. The predicted molar refractivity (Wildman–Crippen MR) is 70.0 cm³/mol. The zero-order chi connectivity index (χ0) is 11.4. The molecule has 0 amide bonds. The lowest BCUT2D eigenvalue weighted by Crippen LogP contribution is -2.25. The third kappa shape index (κ3) is 2.67. The van der Waals surface area contributed by atoms with Crippen LogP contribution in [0.5, 0.6) is 0 Å². The van der Waals surface area contributed by atoms with Crippen molar-refractivity contribution < 1.29 is 0 Å². The summed E-state index contributed by atoms with van der Waals surface area (Å²) in [6.45, 7) is 5.15. The minimum absolute atomic E-state index is 0.331. The van der Waals surface area contributed by atoms with Gasteiger partial charge in [0, 0.05) is 37.1 Å². The number of benzene rings is 1. The van der Waals surface area contributed by atoms with Crippen LogP contribution in [0.2, 0.25) is 0 Å². The third-order valence-electron chi connectivity index (χ3n) is 3.11. The normalized spacial score (nSPS) is 17.5. The Morgan fingerprint density at radius 3 is 2.44 bits per heavy atom. The van der Waals surface area contributed by atoms with Crippen molar-refractivity contribution in [2.24, 2.45) is 5.73 Å². The molecule has 1 heterocycles. The van der Waals surface area contributed by atoms with Gasteiger partial charge in [0.25, 0.3) is 0 Å². The summed E-state index contributed by atoms with van der Waals surface area (Å²) in [6, 6.07) is 8.99. The fourth-order valence-corrected chi connectivity index (χ4v) is 2.09. The van der Waals surface area contributed by atoms with Crippen molar-refractivity contribution in [1.82, 2.24) is 0 Å². The number of nitrogens with one attached hydrogen (secondary N) is 1. The topological polar surface area (TPSA) is 41.3 Å². The molecule has 0 spiro atoms. The van der Waals surface area contributed by atoms with Crippen LogP contribution in [0.3, 0.4) is 0 Å². The lowest BCUT2D eigenvalue weighted by Gasteiger charge is -2.19. The Hall–Kier alpha value is -1.22. The van der Waals surface area contributed by atoms with E-state index in [-0.39, 0.29) is 0 Å². The molecule has 0 aromatic heterocycles. The summed E-state index contributed by atoms with van der Waals surface area (Å²) in [7, 11) is 0. The van der Waals surface area contributed by atoms with Gasteiger partial charge in [-0.1, -0.05) is 0 Å². The molecule has 88 valence electrons. The number of nitrogens with zero attached hydrogens (tertiary/aromatic N) is 1. The van der Waals surface area contributed by atoms with Gasteiger partial charge in [0.15, 0.2) is 0 Å². The van der Waals surface area contributed by atoms with Crippen LogP contribution in [0, 0.1) is 0 Å². The second kappa shape index (κ2) is 5.21. The number of anilines is 2. The largest absolute Gasteiger partial charge is 0.381 e. The SMILES string of the molecule is CC(CN)Nc1ccc(N2CCCC2)cc1. The number of nitrogens with two attached hydrogens (primary N) is 1. The van der Waals surface area contributed by atoms with Crippen molar-refractivity contribution in [2.75, 3.05) is 29.9 Å². The summed E-state index contributed by atoms with van der Waals surface area (Å²) < 4.78 is 0. The predicted octanol–water partition coefficient (Wildman–Crippen LogP) is 2.05. The van der Waals surface area contributed by atoms with Crippen LogP contribution in [-0.2, 0) is 0 Å². The Bertz CT molecular complexity index is 314. The Kier molecular flexibility index (Phi) is 3.67. The molecule has 3 heteroatoms. The van der Waals surface area contributed by atoms with Crippen LogP contribution in [-0.4, -0.2) is 25.7 Å². The maximum atomic E-state index is 5.58. The average Bonchev–Trinajstić information content (AvgIpc) is 2.83. The fourth-order valence-electron chi connectivity index (χ4n) is 2.09. The van der Waals surface area contributed by atoms with Crippen molar-refractivity contribution in [2.45, 2.75) is 25.8 Å². The molecule has 1 aromatic carbocycles. The highest BCUT2D eigenvalue weighted by atomic mass is 15.1. The molecule has 0 saturated carbocycles. The van der Waals surface area contributed by atoms with E-state index in [9.17, 15) is 0 Å². The molecule has 1 unspecified atom stereocenters. The Labute approximate surface area is 97.6 Å². The van der Waals surface area contributed by atoms with E-state index < -0.39 is 0 Å². The van der Waals surface area contributed by atoms with Crippen LogP contribution < -0.4 is 16.0 Å². The molecule has 0 aliphatic carbocycles. The minimum atomic E-state index is 0.331. The summed E-state index contributed by atoms with van der Waals surface area (Å²) in [4.78, 5) is 2.44. The van der Waals surface area contributed by atoms with E-state index in [1.807, 2.05) is 0 Å². The van der Waals surface area contributed by atoms with E-state index in [1.54, 1.807) is 0 Å². The van der Waals surface area contributed by atoms with Crippen LogP contribution in [0.4, 0.5) is 11.4 Å². The fraction of sp³-hybridized carbons (Fsp3) is 0.538. The minimum Gasteiger partial charge on any atom is -0.381 e. The lowest BCUT2D eigenvalue weighted by atomic mass is 10.2. The van der Waals surface area contributed by atoms with Gasteiger partial charge >= 0.3 is 0 Å². The molecule has 3 nitrogen and oxygen atoms in total. The summed E-state index contributed by atoms with van der Waals surface area (Å²) in [6.07, 6.45) is 2.65. The van der Waals surface area contributed by atoms with Crippen molar-refractivity contribution in [3.05, 3.63) is 24.3 Å². The van der Waals surface area contributed by atoms with E-state index in [4.69, 9.17) is 5.73 Å². The first-order valence-electron chi connectivity index (χ1n) is 6.11. The summed E-state index contributed by atoms with van der Waals surface area (Å²) in [5.74, 6) is 0. The molecule has 1 aliphatic rings. The summed E-state index contributed by atoms with van der Waals surface area (Å²) in [5, 5.41) is 3.37. The van der Waals surface area contributed by atoms with Crippen molar-refractivity contribution in [1.29, 1.82) is 0 Å². The van der Waals surface area contributed by atoms with Crippen LogP contribution in [0.25, 0.3) is 0 Å². The molecular weight excluding hydrogens is 198 g/mol. The first-order chi connectivity index (χ1) is 7.79. The number of rotatable bonds is 4. The molecule has 1 fully saturated rings. The molecule has 2 rings (SSSR count). The quantitative estimate of drug-likeness (QED) is 0.814. The standard InChI is InChI=1S/C13H21N3/c1-11(10-14)15-12-4-6-13(7-5-12)16-8-2-3-9-16/h4-7,11,15H,2-3,8-10,14H2,1H3. The van der Waals surface area contributed by atoms with Gasteiger partial charge in [-0.05, 0) is 44.0 Å². The molecule has 3 N–H and O–H groups in total. The van der Waals surface area contributed by atoms with Crippen molar-refractivity contribution in [3.8, 4) is 0 Å². The van der Waals surface area contributed by atoms with Gasteiger partial charge in [-0.3, -0.25) is 0 Å². The van der Waals surface area contributed by atoms with Crippen molar-refractivity contribution >= 4 is 11.4 Å². The Morgan fingerprint density at radius 2 is 1.88 bits per heavy atom. The first-order valence-corrected chi connectivity index (χ1v) is 6.11. The van der Waals surface area contributed by atoms with Gasteiger partial charge in [0.2, 0.25) is 0 Å². The van der Waals surface area contributed by atoms with Gasteiger partial charge in [0.1, 0.15) is 0 Å². The highest BCUT2D eigenvalue weighted by Gasteiger charge is 2.11. The van der Waals surface area contributed by atoms with Crippen LogP contribution >= 0.6 is 0 Å². The smallest absolute Gasteiger partial charge is 0.0367 e. The molecule has 1 aliphatic heterocycles. The Morgan fingerprint density at radius 1 is 1.25 bits per heavy atom. The van der Waals surface area contributed by atoms with Gasteiger partial charge in [-0.15, -0.1) is 0 Å². The first kappa shape index (κ1) is 11.3. The maximum absolute atomic E-state index is 5.58. The van der Waals surface area contributed by atoms with E-state index in [1.165, 1.54) is 31.6 Å². The second-order valence-corrected chi connectivity index (χ2v) is 4.52. The summed E-state index contributed by atoms with van der Waals surface area (Å²) in [5.41, 5.74) is 8.07. The van der Waals surface area contributed by atoms with E-state index >= 15 is 0 Å². The molecule has 1 atom stereocenters. The van der Waals surface area contributed by atoms with Crippen molar-refractivity contribution in [3.63, 3.8) is 0 Å². The van der Waals surface area contributed by atoms with Crippen LogP contribution in [0.15, 0.2) is 24.3 Å². The average molecular weight is 219 g/mol. The molecule has 1 saturated heterocycles. The second-order valence-electron chi connectivity index (χ2n) is 4.52. The number of hydrogen-bond donors (Lipinski definition) is 2. The number of hydrogen-bond acceptors (Lipinski definition) is 3. The van der Waals surface area contributed by atoms with Gasteiger partial charge in [-0.25, -0.2) is 0 Å². The zero-order valence-corrected chi connectivity index (χ0v) is 9.95. The highest BCUT2D eigenvalue weighted by molar-refractivity contribution is 5.55. The van der Waals surface area contributed by atoms with E-state index in [0.717, 1.165) is 5.69 Å². The molecule has 0 radical (unpaired) electrons. The molecule has 16 heavy (non-hydrogen) atoms. The molecule has 1 aromatic rings. The molecular formula is C13H21N3. The molecule has 0 bridgehead atoms. The van der Waals surface area contributed by atoms with E-state index in [0.29, 0.717) is 12.6 Å². The Balaban J connectivity index is 1.98. The zero-order valence-electron chi connectivity index (χ0n) is 9.95. The highest BCUT2D eigenvalue weighted by Crippen LogP contribution is 2.22. The van der Waals surface area contributed by atoms with Gasteiger partial charge < -0.3 is 16.0 Å². The van der Waals surface area contributed by atoms with Gasteiger partial charge in [0.05, 0.1) is 0 Å². The summed E-state index contributed by atoms with van der Waals surface area (Å²) >= 11 is 0. The maximum Gasteiger partial charge on any atom is 0.0367 e. The van der Waals surface area contributed by atoms with E-state index in [2.05, 4.69) is 41.4 Å². The third-order valence-corrected chi connectivity index (χ3v) is 3.11. The van der Waals surface area contributed by atoms with Crippen LogP contribution in [0.1, 0.15) is 19.8 Å². The van der Waals surface area contributed by atoms with Gasteiger partial charge in [-0.2, -0.15) is 0 Å². The monoisotopic (exact) mass is 219 g/mol.